The van der Waals surface area contributed by atoms with Crippen LogP contribution in [-0.4, -0.2) is 18.5 Å². The van der Waals surface area contributed by atoms with E-state index in [0.29, 0.717) is 0 Å². The molecule has 1 amide bonds. The lowest BCUT2D eigenvalue weighted by atomic mass is 10.6. The molecule has 0 saturated heterocycles. The molecule has 0 spiro atoms. The molecule has 0 aromatic carbocycles. The Morgan fingerprint density at radius 1 is 1.56 bits per heavy atom. The van der Waals surface area contributed by atoms with Gasteiger partial charge in [-0.05, 0) is 0 Å². The first-order valence-electron chi connectivity index (χ1n) is 2.42. The smallest absolute Gasteiger partial charge is 0.332 e. The van der Waals surface area contributed by atoms with Gasteiger partial charge in [0, 0.05) is 12.3 Å². The van der Waals surface area contributed by atoms with Crippen molar-refractivity contribution >= 4 is 11.9 Å². The highest BCUT2D eigenvalue weighted by molar-refractivity contribution is 5.88. The molecule has 9 heavy (non-hydrogen) atoms. The van der Waals surface area contributed by atoms with Crippen molar-refractivity contribution in [3.05, 3.63) is 12.3 Å². The van der Waals surface area contributed by atoms with Crippen LogP contribution in [0.15, 0.2) is 12.3 Å². The van der Waals surface area contributed by atoms with Crippen LogP contribution >= 0.6 is 0 Å². The maximum Gasteiger partial charge on any atom is 0.332 e. The highest BCUT2D eigenvalue weighted by atomic mass is 16.5. The molecule has 0 atom stereocenters. The van der Waals surface area contributed by atoms with Gasteiger partial charge in [0.25, 0.3) is 5.91 Å². The van der Waals surface area contributed by atoms with Crippen molar-refractivity contribution in [2.75, 3.05) is 6.61 Å². The number of esters is 1. The molecule has 0 aromatic rings. The molecule has 1 N–H and O–H groups in total. The van der Waals surface area contributed by atoms with Crippen molar-refractivity contribution < 1.29 is 14.3 Å². The van der Waals surface area contributed by atoms with Gasteiger partial charge >= 0.3 is 5.97 Å². The molecule has 0 saturated carbocycles. The number of rotatable bonds is 0. The first-order chi connectivity index (χ1) is 4.29. The van der Waals surface area contributed by atoms with Crippen LogP contribution in [-0.2, 0) is 14.3 Å². The summed E-state index contributed by atoms with van der Waals surface area (Å²) in [7, 11) is 0. The van der Waals surface area contributed by atoms with E-state index >= 15 is 0 Å². The molecule has 0 radical (unpaired) electrons. The lowest BCUT2D eigenvalue weighted by Gasteiger charge is -1.93. The number of cyclic esters (lactones) is 1. The molecule has 4 nitrogen and oxygen atoms in total. The summed E-state index contributed by atoms with van der Waals surface area (Å²) >= 11 is 0. The van der Waals surface area contributed by atoms with Gasteiger partial charge in [-0.15, -0.1) is 0 Å². The summed E-state index contributed by atoms with van der Waals surface area (Å²) in [5.74, 6) is -0.801. The average Bonchev–Trinajstić information content (AvgIpc) is 1.97. The van der Waals surface area contributed by atoms with E-state index in [0.717, 1.165) is 6.08 Å². The molecule has 1 rings (SSSR count). The fraction of sp³-hybridized carbons (Fsp3) is 0.200. The normalized spacial score (nSPS) is 18.2. The number of nitrogens with one attached hydrogen (secondary N) is 1. The second-order valence-corrected chi connectivity index (χ2v) is 1.51. The van der Waals surface area contributed by atoms with Gasteiger partial charge in [-0.2, -0.15) is 0 Å². The number of carbonyl (C=O) groups excluding carboxylic acids is 2. The van der Waals surface area contributed by atoms with Crippen molar-refractivity contribution in [2.45, 2.75) is 0 Å². The highest BCUT2D eigenvalue weighted by Gasteiger charge is 2.06. The number of ether oxygens (including phenoxy) is 1. The lowest BCUT2D eigenvalue weighted by Crippen LogP contribution is -2.20. The maximum absolute atomic E-state index is 10.4. The zero-order valence-corrected chi connectivity index (χ0v) is 4.59. The summed E-state index contributed by atoms with van der Waals surface area (Å²) < 4.78 is 4.38. The molecule has 0 aromatic heterocycles. The highest BCUT2D eigenvalue weighted by Crippen LogP contribution is 1.85. The molecule has 0 bridgehead atoms. The largest absolute Gasteiger partial charge is 0.452 e. The van der Waals surface area contributed by atoms with Gasteiger partial charge in [-0.25, -0.2) is 4.79 Å². The number of carbonyl (C=O) groups is 2. The maximum atomic E-state index is 10.4. The average molecular weight is 127 g/mol. The number of hydrogen-bond acceptors (Lipinski definition) is 3. The Hall–Kier alpha value is -1.32. The fourth-order valence-electron chi connectivity index (χ4n) is 0.429. The summed E-state index contributed by atoms with van der Waals surface area (Å²) in [6, 6.07) is 0. The van der Waals surface area contributed by atoms with Crippen LogP contribution in [0.25, 0.3) is 0 Å². The molecule has 1 aliphatic rings. The quantitative estimate of drug-likeness (QED) is 0.432. The number of hydrogen-bond donors (Lipinski definition) is 1. The van der Waals surface area contributed by atoms with Gasteiger partial charge < -0.3 is 10.1 Å². The van der Waals surface area contributed by atoms with Gasteiger partial charge in [0.1, 0.15) is 0 Å². The topological polar surface area (TPSA) is 55.4 Å². The van der Waals surface area contributed by atoms with E-state index in [9.17, 15) is 9.59 Å². The molecule has 1 heterocycles. The van der Waals surface area contributed by atoms with E-state index in [1.807, 2.05) is 0 Å². The van der Waals surface area contributed by atoms with Crippen LogP contribution in [0, 0.1) is 0 Å². The minimum Gasteiger partial charge on any atom is -0.452 e. The van der Waals surface area contributed by atoms with Crippen LogP contribution in [0.5, 0.6) is 0 Å². The molecular formula is C5H5NO3. The molecule has 4 heteroatoms. The lowest BCUT2D eigenvalue weighted by molar-refractivity contribution is -0.142. The Balaban J connectivity index is 2.58. The van der Waals surface area contributed by atoms with Crippen molar-refractivity contribution in [2.24, 2.45) is 0 Å². The predicted octanol–water partition coefficient (Wildman–Crippen LogP) is -0.827. The molecular weight excluding hydrogens is 122 g/mol. The van der Waals surface area contributed by atoms with E-state index in [2.05, 4.69) is 10.1 Å². The summed E-state index contributed by atoms with van der Waals surface area (Å²) in [6.07, 6.45) is 2.42. The Kier molecular flexibility index (Phi) is 1.48. The molecule has 48 valence electrons. The van der Waals surface area contributed by atoms with E-state index in [-0.39, 0.29) is 12.5 Å². The third-order valence-corrected chi connectivity index (χ3v) is 0.809. The Morgan fingerprint density at radius 2 is 2.33 bits per heavy atom. The van der Waals surface area contributed by atoms with Crippen molar-refractivity contribution in [3.8, 4) is 0 Å². The number of amides is 1. The third-order valence-electron chi connectivity index (χ3n) is 0.809. The van der Waals surface area contributed by atoms with E-state index in [4.69, 9.17) is 0 Å². The third kappa shape index (κ3) is 1.56. The van der Waals surface area contributed by atoms with Gasteiger partial charge in [-0.3, -0.25) is 4.79 Å². The second kappa shape index (κ2) is 2.30. The summed E-state index contributed by atoms with van der Waals surface area (Å²) in [6.45, 7) is -0.189. The molecule has 0 unspecified atom stereocenters. The Labute approximate surface area is 51.5 Å². The molecule has 1 aliphatic heterocycles. The minimum absolute atomic E-state index is 0.189. The Morgan fingerprint density at radius 3 is 3.11 bits per heavy atom. The minimum atomic E-state index is -0.492. The van der Waals surface area contributed by atoms with Crippen LogP contribution in [0.3, 0.4) is 0 Å². The van der Waals surface area contributed by atoms with Crippen LogP contribution in [0.4, 0.5) is 0 Å². The van der Waals surface area contributed by atoms with E-state index in [1.54, 1.807) is 0 Å². The fourth-order valence-corrected chi connectivity index (χ4v) is 0.429. The monoisotopic (exact) mass is 127 g/mol. The van der Waals surface area contributed by atoms with Gasteiger partial charge in [0.05, 0.1) is 0 Å². The van der Waals surface area contributed by atoms with E-state index < -0.39 is 5.97 Å². The summed E-state index contributed by atoms with van der Waals surface area (Å²) in [4.78, 5) is 20.7. The van der Waals surface area contributed by atoms with Gasteiger partial charge in [0.15, 0.2) is 6.61 Å². The van der Waals surface area contributed by atoms with Crippen LogP contribution in [0.1, 0.15) is 0 Å². The van der Waals surface area contributed by atoms with Crippen molar-refractivity contribution in [1.29, 1.82) is 0 Å². The Bertz CT molecular complexity index is 173. The zero-order valence-electron chi connectivity index (χ0n) is 4.59. The SMILES string of the molecule is O=C1COC(=O)C=CN1. The van der Waals surface area contributed by atoms with Gasteiger partial charge in [-0.1, -0.05) is 0 Å². The molecule has 0 fully saturated rings. The summed E-state index contributed by atoms with van der Waals surface area (Å²) in [5.41, 5.74) is 0. The first-order valence-corrected chi connectivity index (χ1v) is 2.42. The van der Waals surface area contributed by atoms with Crippen molar-refractivity contribution in [3.63, 3.8) is 0 Å². The first kappa shape index (κ1) is 5.81. The van der Waals surface area contributed by atoms with Crippen molar-refractivity contribution in [1.82, 2.24) is 5.32 Å². The van der Waals surface area contributed by atoms with Gasteiger partial charge in [0.2, 0.25) is 0 Å². The standard InChI is InChI=1S/C5H5NO3/c7-4-3-9-5(8)1-2-6-4/h1-2H,3H2,(H,6,7). The molecule has 0 aliphatic carbocycles. The van der Waals surface area contributed by atoms with Crippen LogP contribution < -0.4 is 5.32 Å². The second-order valence-electron chi connectivity index (χ2n) is 1.51. The predicted molar refractivity (Wildman–Crippen MR) is 28.2 cm³/mol. The van der Waals surface area contributed by atoms with E-state index in [1.165, 1.54) is 6.20 Å². The summed E-state index contributed by atoms with van der Waals surface area (Å²) in [5, 5.41) is 2.31. The van der Waals surface area contributed by atoms with Crippen LogP contribution in [0.2, 0.25) is 0 Å². The zero-order chi connectivity index (χ0) is 6.69.